The SMILES string of the molecule is C#Cc1cccc(N(Cc2cccs2)C(=O)CN2CCCC2=O)c1. The standard InChI is InChI=1S/C19H18N2O2S/c1-2-15-6-3-7-16(12-15)21(13-17-8-5-11-24-17)19(23)14-20-10-4-9-18(20)22/h1,3,5-8,11-12H,4,9-10,13-14H2. The van der Waals surface area contributed by atoms with Crippen LogP contribution in [0.5, 0.6) is 0 Å². The molecule has 5 heteroatoms. The molecule has 1 aliphatic heterocycles. The Morgan fingerprint density at radius 1 is 1.33 bits per heavy atom. The molecule has 4 nitrogen and oxygen atoms in total. The van der Waals surface area contributed by atoms with Crippen LogP contribution in [0, 0.1) is 12.3 Å². The molecular weight excluding hydrogens is 320 g/mol. The van der Waals surface area contributed by atoms with Gasteiger partial charge in [0.25, 0.3) is 0 Å². The molecule has 2 aromatic rings. The summed E-state index contributed by atoms with van der Waals surface area (Å²) in [5.74, 6) is 2.56. The van der Waals surface area contributed by atoms with Crippen LogP contribution >= 0.6 is 11.3 Å². The van der Waals surface area contributed by atoms with Gasteiger partial charge in [-0.2, -0.15) is 0 Å². The van der Waals surface area contributed by atoms with Gasteiger partial charge in [-0.1, -0.05) is 18.1 Å². The molecule has 2 amide bonds. The molecule has 1 aliphatic rings. The third-order valence-electron chi connectivity index (χ3n) is 4.02. The third kappa shape index (κ3) is 3.66. The number of benzene rings is 1. The Bertz CT molecular complexity index is 777. The lowest BCUT2D eigenvalue weighted by Gasteiger charge is -2.25. The summed E-state index contributed by atoms with van der Waals surface area (Å²) in [4.78, 5) is 29.1. The maximum absolute atomic E-state index is 12.9. The number of anilines is 1. The molecule has 1 fully saturated rings. The van der Waals surface area contributed by atoms with Gasteiger partial charge in [0.15, 0.2) is 0 Å². The van der Waals surface area contributed by atoms with E-state index in [9.17, 15) is 9.59 Å². The maximum Gasteiger partial charge on any atom is 0.246 e. The number of amides is 2. The summed E-state index contributed by atoms with van der Waals surface area (Å²) in [6, 6.07) is 11.3. The summed E-state index contributed by atoms with van der Waals surface area (Å²) in [7, 11) is 0. The predicted molar refractivity (Wildman–Crippen MR) is 95.7 cm³/mol. The molecule has 0 atom stereocenters. The Morgan fingerprint density at radius 3 is 2.88 bits per heavy atom. The lowest BCUT2D eigenvalue weighted by Crippen LogP contribution is -2.40. The first-order chi connectivity index (χ1) is 11.7. The highest BCUT2D eigenvalue weighted by atomic mass is 32.1. The fourth-order valence-electron chi connectivity index (χ4n) is 2.77. The van der Waals surface area contributed by atoms with E-state index in [1.165, 1.54) is 0 Å². The third-order valence-corrected chi connectivity index (χ3v) is 4.88. The van der Waals surface area contributed by atoms with Crippen molar-refractivity contribution in [1.82, 2.24) is 4.90 Å². The Hall–Kier alpha value is -2.58. The number of rotatable bonds is 5. The van der Waals surface area contributed by atoms with Crippen molar-refractivity contribution in [2.75, 3.05) is 18.0 Å². The van der Waals surface area contributed by atoms with Crippen molar-refractivity contribution in [3.63, 3.8) is 0 Å². The van der Waals surface area contributed by atoms with Crippen LogP contribution in [0.4, 0.5) is 5.69 Å². The molecule has 0 N–H and O–H groups in total. The number of nitrogens with zero attached hydrogens (tertiary/aromatic N) is 2. The summed E-state index contributed by atoms with van der Waals surface area (Å²) < 4.78 is 0. The zero-order valence-corrected chi connectivity index (χ0v) is 14.1. The van der Waals surface area contributed by atoms with Gasteiger partial charge in [-0.25, -0.2) is 0 Å². The van der Waals surface area contributed by atoms with Crippen LogP contribution in [-0.4, -0.2) is 29.8 Å². The second-order valence-corrected chi connectivity index (χ2v) is 6.71. The number of carbonyl (C=O) groups is 2. The minimum absolute atomic E-state index is 0.0526. The summed E-state index contributed by atoms with van der Waals surface area (Å²) in [5.41, 5.74) is 1.49. The fourth-order valence-corrected chi connectivity index (χ4v) is 3.46. The lowest BCUT2D eigenvalue weighted by atomic mass is 10.2. The molecular formula is C19H18N2O2S. The highest BCUT2D eigenvalue weighted by Crippen LogP contribution is 2.22. The molecule has 122 valence electrons. The van der Waals surface area contributed by atoms with Gasteiger partial charge in [0.05, 0.1) is 6.54 Å². The minimum Gasteiger partial charge on any atom is -0.333 e. The van der Waals surface area contributed by atoms with Gasteiger partial charge < -0.3 is 9.80 Å². The molecule has 0 unspecified atom stereocenters. The molecule has 3 rings (SSSR count). The Balaban J connectivity index is 1.84. The average molecular weight is 338 g/mol. The van der Waals surface area contributed by atoms with Crippen LogP contribution < -0.4 is 4.90 Å². The Morgan fingerprint density at radius 2 is 2.21 bits per heavy atom. The fraction of sp³-hybridized carbons (Fsp3) is 0.263. The summed E-state index contributed by atoms with van der Waals surface area (Å²) in [6.07, 6.45) is 6.83. The van der Waals surface area contributed by atoms with Crippen LogP contribution in [0.2, 0.25) is 0 Å². The molecule has 24 heavy (non-hydrogen) atoms. The van der Waals surface area contributed by atoms with Gasteiger partial charge in [-0.15, -0.1) is 17.8 Å². The molecule has 1 aromatic carbocycles. The van der Waals surface area contributed by atoms with Gasteiger partial charge in [0.1, 0.15) is 6.54 Å². The van der Waals surface area contributed by atoms with Crippen molar-refractivity contribution in [2.24, 2.45) is 0 Å². The van der Waals surface area contributed by atoms with Crippen molar-refractivity contribution in [3.05, 3.63) is 52.2 Å². The zero-order chi connectivity index (χ0) is 16.9. The summed E-state index contributed by atoms with van der Waals surface area (Å²) in [5, 5.41) is 1.99. The number of thiophene rings is 1. The number of likely N-dealkylation sites (tertiary alicyclic amines) is 1. The van der Waals surface area contributed by atoms with E-state index < -0.39 is 0 Å². The quantitative estimate of drug-likeness (QED) is 0.787. The first kappa shape index (κ1) is 16.3. The largest absolute Gasteiger partial charge is 0.333 e. The number of hydrogen-bond acceptors (Lipinski definition) is 3. The van der Waals surface area contributed by atoms with Gasteiger partial charge in [0.2, 0.25) is 11.8 Å². The first-order valence-electron chi connectivity index (χ1n) is 7.84. The molecule has 2 heterocycles. The van der Waals surface area contributed by atoms with E-state index in [1.807, 2.05) is 41.8 Å². The van der Waals surface area contributed by atoms with Crippen molar-refractivity contribution >= 4 is 28.8 Å². The highest BCUT2D eigenvalue weighted by molar-refractivity contribution is 7.09. The number of carbonyl (C=O) groups excluding carboxylic acids is 2. The van der Waals surface area contributed by atoms with E-state index >= 15 is 0 Å². The Labute approximate surface area is 145 Å². The van der Waals surface area contributed by atoms with E-state index in [0.717, 1.165) is 22.5 Å². The normalized spacial score (nSPS) is 13.8. The molecule has 0 saturated carbocycles. The van der Waals surface area contributed by atoms with E-state index in [4.69, 9.17) is 6.42 Å². The van der Waals surface area contributed by atoms with Crippen molar-refractivity contribution in [3.8, 4) is 12.3 Å². The van der Waals surface area contributed by atoms with Crippen molar-refractivity contribution in [2.45, 2.75) is 19.4 Å². The van der Waals surface area contributed by atoms with Crippen molar-refractivity contribution in [1.29, 1.82) is 0 Å². The molecule has 1 aromatic heterocycles. The number of hydrogen-bond donors (Lipinski definition) is 0. The van der Waals surface area contributed by atoms with Crippen LogP contribution in [0.25, 0.3) is 0 Å². The van der Waals surface area contributed by atoms with E-state index in [2.05, 4.69) is 5.92 Å². The lowest BCUT2D eigenvalue weighted by molar-refractivity contribution is -0.132. The second kappa shape index (κ2) is 7.33. The molecule has 0 aliphatic carbocycles. The van der Waals surface area contributed by atoms with Crippen molar-refractivity contribution < 1.29 is 9.59 Å². The van der Waals surface area contributed by atoms with Gasteiger partial charge in [-0.05, 0) is 36.1 Å². The Kier molecular flexibility index (Phi) is 4.97. The van der Waals surface area contributed by atoms with Gasteiger partial charge in [-0.3, -0.25) is 9.59 Å². The second-order valence-electron chi connectivity index (χ2n) is 5.67. The van der Waals surface area contributed by atoms with E-state index in [-0.39, 0.29) is 18.4 Å². The number of terminal acetylenes is 1. The average Bonchev–Trinajstić information content (AvgIpc) is 3.25. The zero-order valence-electron chi connectivity index (χ0n) is 13.3. The molecule has 0 radical (unpaired) electrons. The summed E-state index contributed by atoms with van der Waals surface area (Å²) in [6.45, 7) is 1.25. The van der Waals surface area contributed by atoms with Crippen LogP contribution in [0.15, 0.2) is 41.8 Å². The monoisotopic (exact) mass is 338 g/mol. The molecule has 1 saturated heterocycles. The van der Waals surface area contributed by atoms with E-state index in [1.54, 1.807) is 21.1 Å². The minimum atomic E-state index is -0.0900. The van der Waals surface area contributed by atoms with Crippen LogP contribution in [0.1, 0.15) is 23.3 Å². The predicted octanol–water partition coefficient (Wildman–Crippen LogP) is 2.89. The van der Waals surface area contributed by atoms with Crippen LogP contribution in [-0.2, 0) is 16.1 Å². The van der Waals surface area contributed by atoms with E-state index in [0.29, 0.717) is 19.5 Å². The van der Waals surface area contributed by atoms with Gasteiger partial charge >= 0.3 is 0 Å². The topological polar surface area (TPSA) is 40.6 Å². The van der Waals surface area contributed by atoms with Crippen LogP contribution in [0.3, 0.4) is 0 Å². The first-order valence-corrected chi connectivity index (χ1v) is 8.72. The summed E-state index contributed by atoms with van der Waals surface area (Å²) >= 11 is 1.60. The molecule has 0 bridgehead atoms. The highest BCUT2D eigenvalue weighted by Gasteiger charge is 2.26. The smallest absolute Gasteiger partial charge is 0.246 e. The van der Waals surface area contributed by atoms with Gasteiger partial charge in [0, 0.05) is 29.1 Å². The molecule has 0 spiro atoms. The maximum atomic E-state index is 12.9.